The average molecular weight is 423 g/mol. The molecule has 0 spiro atoms. The van der Waals surface area contributed by atoms with Crippen molar-refractivity contribution >= 4 is 34.4 Å². The van der Waals surface area contributed by atoms with Gasteiger partial charge in [0.15, 0.2) is 16.6 Å². The molecule has 0 amide bonds. The molecular formula is C23H26N4O2S. The Morgan fingerprint density at radius 2 is 2.07 bits per heavy atom. The summed E-state index contributed by atoms with van der Waals surface area (Å²) in [5.41, 5.74) is 12.4. The minimum atomic E-state index is 0.133. The van der Waals surface area contributed by atoms with E-state index in [0.29, 0.717) is 13.2 Å². The summed E-state index contributed by atoms with van der Waals surface area (Å²) in [6.45, 7) is 7.02. The first-order valence-electron chi connectivity index (χ1n) is 9.62. The van der Waals surface area contributed by atoms with Gasteiger partial charge in [0.2, 0.25) is 0 Å². The van der Waals surface area contributed by atoms with Gasteiger partial charge in [-0.15, -0.1) is 6.58 Å². The van der Waals surface area contributed by atoms with Crippen molar-refractivity contribution in [2.75, 3.05) is 13.7 Å². The van der Waals surface area contributed by atoms with Crippen molar-refractivity contribution in [1.82, 2.24) is 9.99 Å². The number of methoxy groups -OCH3 is 1. The van der Waals surface area contributed by atoms with Crippen LogP contribution in [0.15, 0.2) is 60.2 Å². The number of hydrogen-bond donors (Lipinski definition) is 2. The molecule has 2 aromatic carbocycles. The van der Waals surface area contributed by atoms with Crippen molar-refractivity contribution < 1.29 is 9.47 Å². The molecule has 0 bridgehead atoms. The van der Waals surface area contributed by atoms with Crippen LogP contribution in [-0.4, -0.2) is 29.6 Å². The third-order valence-electron chi connectivity index (χ3n) is 4.83. The first-order valence-corrected chi connectivity index (χ1v) is 10.0. The second-order valence-electron chi connectivity index (χ2n) is 6.73. The van der Waals surface area contributed by atoms with Crippen molar-refractivity contribution in [1.29, 1.82) is 0 Å². The Hall–Kier alpha value is -3.32. The Morgan fingerprint density at radius 3 is 2.80 bits per heavy atom. The molecule has 3 aromatic rings. The fourth-order valence-corrected chi connectivity index (χ4v) is 3.49. The van der Waals surface area contributed by atoms with E-state index in [0.717, 1.165) is 45.6 Å². The maximum atomic E-state index is 6.04. The first-order chi connectivity index (χ1) is 14.5. The summed E-state index contributed by atoms with van der Waals surface area (Å²) in [5, 5.41) is 5.37. The largest absolute Gasteiger partial charge is 0.493 e. The monoisotopic (exact) mass is 422 g/mol. The summed E-state index contributed by atoms with van der Waals surface area (Å²) in [6, 6.07) is 14.1. The molecule has 30 heavy (non-hydrogen) atoms. The summed E-state index contributed by atoms with van der Waals surface area (Å²) in [6.07, 6.45) is 4.40. The number of aromatic nitrogens is 1. The average Bonchev–Trinajstić information content (AvgIpc) is 3.00. The van der Waals surface area contributed by atoms with Gasteiger partial charge in [-0.2, -0.15) is 5.10 Å². The zero-order valence-corrected chi connectivity index (χ0v) is 18.0. The number of nitrogens with one attached hydrogen (secondary N) is 1. The highest BCUT2D eigenvalue weighted by molar-refractivity contribution is 7.80. The molecule has 6 nitrogen and oxygen atoms in total. The third kappa shape index (κ3) is 4.80. The van der Waals surface area contributed by atoms with Gasteiger partial charge in [0.25, 0.3) is 0 Å². The highest BCUT2D eigenvalue weighted by Crippen LogP contribution is 2.29. The van der Waals surface area contributed by atoms with Crippen LogP contribution in [-0.2, 0) is 13.0 Å². The Labute approximate surface area is 182 Å². The second-order valence-corrected chi connectivity index (χ2v) is 7.17. The van der Waals surface area contributed by atoms with E-state index in [1.54, 1.807) is 13.3 Å². The Balaban J connectivity index is 1.80. The van der Waals surface area contributed by atoms with Gasteiger partial charge >= 0.3 is 0 Å². The second kappa shape index (κ2) is 9.93. The van der Waals surface area contributed by atoms with E-state index in [2.05, 4.69) is 40.7 Å². The molecule has 0 aliphatic heterocycles. The molecule has 0 unspecified atom stereocenters. The predicted molar refractivity (Wildman–Crippen MR) is 127 cm³/mol. The summed E-state index contributed by atoms with van der Waals surface area (Å²) in [5.74, 6) is 1.45. The van der Waals surface area contributed by atoms with Gasteiger partial charge in [0.1, 0.15) is 6.61 Å². The molecule has 3 rings (SSSR count). The number of fused-ring (bicyclic) bond motifs is 1. The van der Waals surface area contributed by atoms with Crippen LogP contribution in [0, 0.1) is 6.92 Å². The van der Waals surface area contributed by atoms with Crippen molar-refractivity contribution in [2.45, 2.75) is 19.9 Å². The fraction of sp³-hybridized carbons (Fsp3) is 0.217. The topological polar surface area (TPSA) is 73.8 Å². The van der Waals surface area contributed by atoms with E-state index in [9.17, 15) is 0 Å². The number of nitrogens with zero attached hydrogens (tertiary/aromatic N) is 2. The van der Waals surface area contributed by atoms with Crippen LogP contribution >= 0.6 is 12.2 Å². The number of ether oxygens (including phenoxy) is 2. The highest BCUT2D eigenvalue weighted by atomic mass is 32.1. The number of thiocarbonyl (C=S) groups is 1. The fourth-order valence-electron chi connectivity index (χ4n) is 3.44. The third-order valence-corrected chi connectivity index (χ3v) is 4.92. The normalized spacial score (nSPS) is 11.0. The number of rotatable bonds is 9. The van der Waals surface area contributed by atoms with Crippen LogP contribution in [0.2, 0.25) is 0 Å². The van der Waals surface area contributed by atoms with E-state index >= 15 is 0 Å². The molecule has 1 heterocycles. The van der Waals surface area contributed by atoms with Crippen molar-refractivity contribution in [3.05, 3.63) is 71.9 Å². The minimum Gasteiger partial charge on any atom is -0.493 e. The molecule has 156 valence electrons. The van der Waals surface area contributed by atoms with E-state index in [-0.39, 0.29) is 5.11 Å². The maximum Gasteiger partial charge on any atom is 0.184 e. The number of hydrazone groups is 1. The smallest absolute Gasteiger partial charge is 0.184 e. The van der Waals surface area contributed by atoms with Gasteiger partial charge in [-0.25, -0.2) is 0 Å². The van der Waals surface area contributed by atoms with E-state index < -0.39 is 0 Å². The molecule has 0 saturated heterocycles. The molecule has 0 atom stereocenters. The lowest BCUT2D eigenvalue weighted by molar-refractivity contribution is 0.280. The van der Waals surface area contributed by atoms with Crippen molar-refractivity contribution in [3.8, 4) is 11.5 Å². The van der Waals surface area contributed by atoms with Crippen LogP contribution in [0.3, 0.4) is 0 Å². The lowest BCUT2D eigenvalue weighted by Gasteiger charge is -2.13. The Kier molecular flexibility index (Phi) is 7.08. The molecule has 0 fully saturated rings. The molecule has 0 saturated carbocycles. The number of allylic oxidation sites excluding steroid dienone is 1. The minimum absolute atomic E-state index is 0.133. The number of nitrogens with two attached hydrogens (primary N) is 1. The summed E-state index contributed by atoms with van der Waals surface area (Å²) in [7, 11) is 1.65. The van der Waals surface area contributed by atoms with E-state index in [4.69, 9.17) is 27.4 Å². The van der Waals surface area contributed by atoms with Crippen LogP contribution in [0.1, 0.15) is 16.8 Å². The quantitative estimate of drug-likeness (QED) is 0.237. The van der Waals surface area contributed by atoms with E-state index in [1.165, 1.54) is 0 Å². The summed E-state index contributed by atoms with van der Waals surface area (Å²) in [4.78, 5) is 0. The summed E-state index contributed by atoms with van der Waals surface area (Å²) >= 11 is 4.81. The molecule has 0 aliphatic carbocycles. The lowest BCUT2D eigenvalue weighted by atomic mass is 10.1. The molecule has 7 heteroatoms. The van der Waals surface area contributed by atoms with Gasteiger partial charge in [0.05, 0.1) is 19.9 Å². The number of para-hydroxylation sites is 1. The Bertz CT molecular complexity index is 1090. The van der Waals surface area contributed by atoms with Crippen molar-refractivity contribution in [2.24, 2.45) is 10.8 Å². The van der Waals surface area contributed by atoms with Gasteiger partial charge in [0, 0.05) is 22.2 Å². The molecule has 0 radical (unpaired) electrons. The van der Waals surface area contributed by atoms with Gasteiger partial charge in [-0.3, -0.25) is 5.43 Å². The molecular weight excluding hydrogens is 396 g/mol. The van der Waals surface area contributed by atoms with Crippen LogP contribution in [0.5, 0.6) is 11.5 Å². The zero-order chi connectivity index (χ0) is 21.5. The predicted octanol–water partition coefficient (Wildman–Crippen LogP) is 3.93. The van der Waals surface area contributed by atoms with Crippen molar-refractivity contribution in [3.63, 3.8) is 0 Å². The molecule has 1 aromatic heterocycles. The Morgan fingerprint density at radius 1 is 1.27 bits per heavy atom. The first kappa shape index (κ1) is 21.4. The standard InChI is InChI=1S/C23H26N4O2S/c1-4-7-17-10-11-21(22(14-17)28-3)29-13-12-27-16(2)19(15-25-26-23(24)30)18-8-5-6-9-20(18)27/h4-6,8-11,14-15H,1,7,12-13H2,2-3H3,(H3,24,26,30). The van der Waals surface area contributed by atoms with Crippen LogP contribution < -0.4 is 20.6 Å². The highest BCUT2D eigenvalue weighted by Gasteiger charge is 2.13. The molecule has 3 N–H and O–H groups in total. The number of benzene rings is 2. The number of hydrogen-bond acceptors (Lipinski definition) is 4. The zero-order valence-electron chi connectivity index (χ0n) is 17.2. The van der Waals surface area contributed by atoms with Crippen LogP contribution in [0.4, 0.5) is 0 Å². The lowest BCUT2D eigenvalue weighted by Crippen LogP contribution is -2.24. The van der Waals surface area contributed by atoms with Gasteiger partial charge in [-0.1, -0.05) is 30.3 Å². The SMILES string of the molecule is C=CCc1ccc(OCCn2c(C)c(C=NNC(N)=S)c3ccccc32)c(OC)c1. The van der Waals surface area contributed by atoms with Gasteiger partial charge < -0.3 is 19.8 Å². The summed E-state index contributed by atoms with van der Waals surface area (Å²) < 4.78 is 13.7. The molecule has 0 aliphatic rings. The van der Waals surface area contributed by atoms with Crippen LogP contribution in [0.25, 0.3) is 10.9 Å². The maximum absolute atomic E-state index is 6.04. The van der Waals surface area contributed by atoms with Gasteiger partial charge in [-0.05, 0) is 49.3 Å². The van der Waals surface area contributed by atoms with E-state index in [1.807, 2.05) is 36.4 Å².